The first-order chi connectivity index (χ1) is 9.51. The first kappa shape index (κ1) is 18.7. The van der Waals surface area contributed by atoms with Crippen LogP contribution in [0.5, 0.6) is 0 Å². The van der Waals surface area contributed by atoms with E-state index in [-0.39, 0.29) is 24.4 Å². The lowest BCUT2D eigenvalue weighted by Crippen LogP contribution is -2.48. The van der Waals surface area contributed by atoms with Crippen molar-refractivity contribution in [3.8, 4) is 0 Å². The number of rotatable bonds is 7. The molecule has 0 bridgehead atoms. The highest BCUT2D eigenvalue weighted by Gasteiger charge is 2.22. The summed E-state index contributed by atoms with van der Waals surface area (Å²) >= 11 is 0. The number of carboxylic acid groups (broad SMARTS) is 1. The van der Waals surface area contributed by atoms with Gasteiger partial charge in [-0.05, 0) is 20.8 Å². The normalized spacial score (nSPS) is 12.1. The lowest BCUT2D eigenvalue weighted by molar-refractivity contribution is -0.140. The Labute approximate surface area is 122 Å². The summed E-state index contributed by atoms with van der Waals surface area (Å²) in [5.41, 5.74) is 4.51. The highest BCUT2D eigenvalue weighted by Crippen LogP contribution is 1.98. The fraction of sp³-hybridized carbons (Fsp3) is 0.667. The standard InChI is InChI=1S/C12H22N4O5/c1-12(2,3)16-9(18)4-5-14-11(21)15-7(10(19)20)6-8(13)17/h7H,4-6H2,1-3H3,(H2,13,17)(H,16,18)(H,19,20)(H2,14,15,21)/t7-/m0/s1. The molecule has 0 aromatic heterocycles. The maximum Gasteiger partial charge on any atom is 0.326 e. The molecule has 4 amide bonds. The second-order valence-electron chi connectivity index (χ2n) is 5.51. The quantitative estimate of drug-likeness (QED) is 0.405. The Morgan fingerprint density at radius 3 is 2.19 bits per heavy atom. The fourth-order valence-corrected chi connectivity index (χ4v) is 1.38. The smallest absolute Gasteiger partial charge is 0.326 e. The second-order valence-corrected chi connectivity index (χ2v) is 5.51. The lowest BCUT2D eigenvalue weighted by atomic mass is 10.1. The average Bonchev–Trinajstić information content (AvgIpc) is 2.24. The van der Waals surface area contributed by atoms with Crippen molar-refractivity contribution in [1.29, 1.82) is 0 Å². The molecule has 0 aromatic carbocycles. The summed E-state index contributed by atoms with van der Waals surface area (Å²) in [6, 6.07) is -2.18. The molecule has 1 atom stereocenters. The van der Waals surface area contributed by atoms with E-state index in [1.54, 1.807) is 0 Å². The average molecular weight is 302 g/mol. The number of hydrogen-bond acceptors (Lipinski definition) is 4. The van der Waals surface area contributed by atoms with Crippen molar-refractivity contribution < 1.29 is 24.3 Å². The molecule has 0 fully saturated rings. The van der Waals surface area contributed by atoms with Gasteiger partial charge in [0.2, 0.25) is 11.8 Å². The Hall–Kier alpha value is -2.32. The van der Waals surface area contributed by atoms with E-state index in [0.29, 0.717) is 0 Å². The Bertz CT molecular complexity index is 416. The van der Waals surface area contributed by atoms with Crippen LogP contribution < -0.4 is 21.7 Å². The van der Waals surface area contributed by atoms with Crippen molar-refractivity contribution >= 4 is 23.8 Å². The highest BCUT2D eigenvalue weighted by atomic mass is 16.4. The molecule has 0 aliphatic carbocycles. The van der Waals surface area contributed by atoms with Gasteiger partial charge in [0.1, 0.15) is 6.04 Å². The van der Waals surface area contributed by atoms with E-state index < -0.39 is 30.4 Å². The number of carbonyl (C=O) groups is 4. The molecule has 0 aliphatic heterocycles. The van der Waals surface area contributed by atoms with Gasteiger partial charge in [-0.15, -0.1) is 0 Å². The van der Waals surface area contributed by atoms with Crippen LogP contribution in [0.15, 0.2) is 0 Å². The summed E-state index contributed by atoms with van der Waals surface area (Å²) in [5.74, 6) is -2.45. The molecule has 9 heteroatoms. The van der Waals surface area contributed by atoms with Gasteiger partial charge in [0.15, 0.2) is 0 Å². The third-order valence-corrected chi connectivity index (χ3v) is 2.16. The first-order valence-corrected chi connectivity index (χ1v) is 6.38. The SMILES string of the molecule is CC(C)(C)NC(=O)CCNC(=O)N[C@@H](CC(N)=O)C(=O)O. The highest BCUT2D eigenvalue weighted by molar-refractivity contribution is 5.87. The van der Waals surface area contributed by atoms with Crippen LogP contribution in [0.1, 0.15) is 33.6 Å². The third-order valence-electron chi connectivity index (χ3n) is 2.16. The van der Waals surface area contributed by atoms with E-state index in [4.69, 9.17) is 10.8 Å². The van der Waals surface area contributed by atoms with Gasteiger partial charge in [-0.25, -0.2) is 9.59 Å². The van der Waals surface area contributed by atoms with Crippen molar-refractivity contribution in [3.05, 3.63) is 0 Å². The largest absolute Gasteiger partial charge is 0.480 e. The number of amides is 4. The van der Waals surface area contributed by atoms with Gasteiger partial charge in [-0.1, -0.05) is 0 Å². The molecule has 0 saturated carbocycles. The van der Waals surface area contributed by atoms with Crippen molar-refractivity contribution in [2.75, 3.05) is 6.54 Å². The van der Waals surface area contributed by atoms with Crippen LogP contribution in [0.3, 0.4) is 0 Å². The van der Waals surface area contributed by atoms with Crippen molar-refractivity contribution in [2.45, 2.75) is 45.2 Å². The van der Waals surface area contributed by atoms with Crippen LogP contribution in [-0.4, -0.2) is 47.0 Å². The molecule has 0 spiro atoms. The summed E-state index contributed by atoms with van der Waals surface area (Å²) in [4.78, 5) is 44.4. The van der Waals surface area contributed by atoms with E-state index >= 15 is 0 Å². The van der Waals surface area contributed by atoms with Crippen molar-refractivity contribution in [1.82, 2.24) is 16.0 Å². The van der Waals surface area contributed by atoms with Gasteiger partial charge in [0, 0.05) is 18.5 Å². The molecule has 0 aromatic rings. The molecule has 0 aliphatic rings. The van der Waals surface area contributed by atoms with E-state index in [1.165, 1.54) is 0 Å². The van der Waals surface area contributed by atoms with E-state index in [0.717, 1.165) is 0 Å². The number of aliphatic carboxylic acids is 1. The number of primary amides is 1. The summed E-state index contributed by atoms with van der Waals surface area (Å²) < 4.78 is 0. The Balaban J connectivity index is 4.11. The molecule has 0 saturated heterocycles. The van der Waals surface area contributed by atoms with E-state index in [9.17, 15) is 19.2 Å². The molecular formula is C12H22N4O5. The molecule has 0 radical (unpaired) electrons. The molecule has 21 heavy (non-hydrogen) atoms. The number of urea groups is 1. The monoisotopic (exact) mass is 302 g/mol. The number of carbonyl (C=O) groups excluding carboxylic acids is 3. The lowest BCUT2D eigenvalue weighted by Gasteiger charge is -2.20. The number of carboxylic acids is 1. The molecule has 9 nitrogen and oxygen atoms in total. The fourth-order valence-electron chi connectivity index (χ4n) is 1.38. The van der Waals surface area contributed by atoms with Gasteiger partial charge in [-0.2, -0.15) is 0 Å². The Morgan fingerprint density at radius 1 is 1.19 bits per heavy atom. The predicted octanol–water partition coefficient (Wildman–Crippen LogP) is -1.08. The second kappa shape index (κ2) is 8.08. The maximum absolute atomic E-state index is 11.5. The zero-order chi connectivity index (χ0) is 16.6. The summed E-state index contributed by atoms with van der Waals surface area (Å²) in [7, 11) is 0. The minimum atomic E-state index is -1.40. The number of nitrogens with one attached hydrogen (secondary N) is 3. The van der Waals surface area contributed by atoms with E-state index in [1.807, 2.05) is 20.8 Å². The summed E-state index contributed by atoms with van der Waals surface area (Å²) in [5, 5.41) is 15.9. The maximum atomic E-state index is 11.5. The Kier molecular flexibility index (Phi) is 7.18. The molecule has 0 rings (SSSR count). The van der Waals surface area contributed by atoms with Crippen LogP contribution in [0, 0.1) is 0 Å². The minimum Gasteiger partial charge on any atom is -0.480 e. The van der Waals surface area contributed by atoms with Gasteiger partial charge in [0.05, 0.1) is 6.42 Å². The van der Waals surface area contributed by atoms with Gasteiger partial charge in [0.25, 0.3) is 0 Å². The molecule has 0 unspecified atom stereocenters. The molecular weight excluding hydrogens is 280 g/mol. The van der Waals surface area contributed by atoms with Crippen molar-refractivity contribution in [2.24, 2.45) is 5.73 Å². The predicted molar refractivity (Wildman–Crippen MR) is 74.3 cm³/mol. The zero-order valence-corrected chi connectivity index (χ0v) is 12.4. The van der Waals surface area contributed by atoms with Crippen LogP contribution in [0.4, 0.5) is 4.79 Å². The number of nitrogens with two attached hydrogens (primary N) is 1. The topological polar surface area (TPSA) is 151 Å². The zero-order valence-electron chi connectivity index (χ0n) is 12.4. The van der Waals surface area contributed by atoms with Crippen LogP contribution in [-0.2, 0) is 14.4 Å². The summed E-state index contributed by atoms with van der Waals surface area (Å²) in [6.07, 6.45) is -0.453. The van der Waals surface area contributed by atoms with Gasteiger partial charge in [-0.3, -0.25) is 9.59 Å². The first-order valence-electron chi connectivity index (χ1n) is 6.38. The summed E-state index contributed by atoms with van der Waals surface area (Å²) in [6.45, 7) is 5.52. The molecule has 6 N–H and O–H groups in total. The van der Waals surface area contributed by atoms with Gasteiger partial charge < -0.3 is 26.8 Å². The number of hydrogen-bond donors (Lipinski definition) is 5. The van der Waals surface area contributed by atoms with Crippen molar-refractivity contribution in [3.63, 3.8) is 0 Å². The van der Waals surface area contributed by atoms with Crippen LogP contribution >= 0.6 is 0 Å². The third kappa shape index (κ3) is 10.2. The van der Waals surface area contributed by atoms with Crippen LogP contribution in [0.2, 0.25) is 0 Å². The minimum absolute atomic E-state index is 0.0384. The van der Waals surface area contributed by atoms with Crippen LogP contribution in [0.25, 0.3) is 0 Å². The molecule has 120 valence electrons. The molecule has 0 heterocycles. The van der Waals surface area contributed by atoms with Gasteiger partial charge >= 0.3 is 12.0 Å². The Morgan fingerprint density at radius 2 is 1.76 bits per heavy atom. The van der Waals surface area contributed by atoms with E-state index in [2.05, 4.69) is 16.0 Å².